The molecule has 2 aliphatic heterocycles. The lowest BCUT2D eigenvalue weighted by molar-refractivity contribution is 0.0769. The molecule has 2 N–H and O–H groups in total. The van der Waals surface area contributed by atoms with Crippen molar-refractivity contribution in [3.8, 4) is 11.6 Å². The first kappa shape index (κ1) is 27.8. The number of nitrogens with two attached hydrogens (primary N) is 1. The van der Waals surface area contributed by atoms with E-state index in [0.717, 1.165) is 11.3 Å². The van der Waals surface area contributed by atoms with Gasteiger partial charge in [-0.05, 0) is 30.3 Å². The van der Waals surface area contributed by atoms with Crippen LogP contribution in [-0.2, 0) is 17.7 Å². The second kappa shape index (κ2) is 11.3. The summed E-state index contributed by atoms with van der Waals surface area (Å²) in [5.74, 6) is 1.21. The Labute approximate surface area is 251 Å². The number of fused-ring (bicyclic) bond motifs is 3. The maximum Gasteiger partial charge on any atom is 0.309 e. The van der Waals surface area contributed by atoms with E-state index in [1.54, 1.807) is 33.7 Å². The van der Waals surface area contributed by atoms with Crippen molar-refractivity contribution in [1.82, 2.24) is 33.9 Å². The molecule has 224 valence electrons. The van der Waals surface area contributed by atoms with Crippen molar-refractivity contribution in [2.45, 2.75) is 6.54 Å². The van der Waals surface area contributed by atoms with E-state index in [4.69, 9.17) is 10.2 Å². The molecule has 4 aromatic heterocycles. The van der Waals surface area contributed by atoms with Crippen molar-refractivity contribution in [3.63, 3.8) is 0 Å². The summed E-state index contributed by atoms with van der Waals surface area (Å²) < 4.78 is 35.8. The van der Waals surface area contributed by atoms with Gasteiger partial charge in [0, 0.05) is 44.8 Å². The number of furan rings is 1. The smallest absolute Gasteiger partial charge is 0.309 e. The summed E-state index contributed by atoms with van der Waals surface area (Å²) in [4.78, 5) is 40.5. The van der Waals surface area contributed by atoms with Crippen LogP contribution in [0, 0.1) is 5.82 Å². The minimum Gasteiger partial charge on any atom is -0.616 e. The van der Waals surface area contributed by atoms with Crippen molar-refractivity contribution >= 4 is 56.0 Å². The minimum absolute atomic E-state index is 0.120. The van der Waals surface area contributed by atoms with Crippen molar-refractivity contribution < 1.29 is 18.2 Å². The van der Waals surface area contributed by atoms with Crippen LogP contribution in [-0.4, -0.2) is 102 Å². The summed E-state index contributed by atoms with van der Waals surface area (Å²) in [7, 11) is 0. The summed E-state index contributed by atoms with van der Waals surface area (Å²) in [6.45, 7) is 4.42. The van der Waals surface area contributed by atoms with Crippen LogP contribution < -0.4 is 15.5 Å². The number of amides is 1. The average molecular weight is 626 g/mol. The van der Waals surface area contributed by atoms with Crippen LogP contribution >= 0.6 is 11.3 Å². The third-order valence-electron chi connectivity index (χ3n) is 7.87. The number of halogens is 1. The van der Waals surface area contributed by atoms with E-state index in [9.17, 15) is 14.1 Å². The molecular formula is C27H28FN9O4S2. The maximum atomic E-state index is 15.1. The van der Waals surface area contributed by atoms with Gasteiger partial charge in [0.05, 0.1) is 25.0 Å². The van der Waals surface area contributed by atoms with E-state index < -0.39 is 17.0 Å². The van der Waals surface area contributed by atoms with Crippen LogP contribution in [0.15, 0.2) is 45.8 Å². The minimum atomic E-state index is -0.888. The SMILES string of the molecule is Nc1nc2c(sc(=O)n2CCN2CCN(c3ccc(C(=O)N4CC[S+]([O-])CC4)cc3F)CC2)c2nc(-c3ccco3)nn12. The lowest BCUT2D eigenvalue weighted by atomic mass is 10.1. The number of anilines is 2. The predicted molar refractivity (Wildman–Crippen MR) is 161 cm³/mol. The molecule has 0 radical (unpaired) electrons. The Balaban J connectivity index is 1.01. The van der Waals surface area contributed by atoms with E-state index in [0.29, 0.717) is 103 Å². The number of aromatic nitrogens is 5. The van der Waals surface area contributed by atoms with E-state index in [-0.39, 0.29) is 16.7 Å². The lowest BCUT2D eigenvalue weighted by Gasteiger charge is -2.36. The zero-order chi connectivity index (χ0) is 29.7. The third kappa shape index (κ3) is 5.24. The Morgan fingerprint density at radius 2 is 1.86 bits per heavy atom. The van der Waals surface area contributed by atoms with Gasteiger partial charge >= 0.3 is 4.87 Å². The summed E-state index contributed by atoms with van der Waals surface area (Å²) in [5.41, 5.74) is 7.86. The van der Waals surface area contributed by atoms with E-state index in [1.807, 2.05) is 4.90 Å². The number of hydrogen-bond donors (Lipinski definition) is 1. The lowest BCUT2D eigenvalue weighted by Crippen LogP contribution is -2.47. The van der Waals surface area contributed by atoms with E-state index in [1.165, 1.54) is 16.8 Å². The van der Waals surface area contributed by atoms with Crippen LogP contribution in [0.3, 0.4) is 0 Å². The average Bonchev–Trinajstić information content (AvgIpc) is 3.76. The molecule has 43 heavy (non-hydrogen) atoms. The van der Waals surface area contributed by atoms with Crippen molar-refractivity contribution in [2.24, 2.45) is 0 Å². The number of nitrogens with zero attached hydrogens (tertiary/aromatic N) is 8. The van der Waals surface area contributed by atoms with Gasteiger partial charge < -0.3 is 24.5 Å². The maximum absolute atomic E-state index is 15.1. The highest BCUT2D eigenvalue weighted by Gasteiger charge is 2.26. The fourth-order valence-corrected chi connectivity index (χ4v) is 7.49. The van der Waals surface area contributed by atoms with Crippen LogP contribution in [0.4, 0.5) is 16.0 Å². The molecule has 1 amide bonds. The molecule has 2 saturated heterocycles. The number of rotatable bonds is 6. The Morgan fingerprint density at radius 3 is 2.58 bits per heavy atom. The van der Waals surface area contributed by atoms with Crippen molar-refractivity contribution in [1.29, 1.82) is 0 Å². The summed E-state index contributed by atoms with van der Waals surface area (Å²) in [5, 5.41) is 4.39. The first-order valence-corrected chi connectivity index (χ1v) is 16.2. The van der Waals surface area contributed by atoms with Gasteiger partial charge in [0.2, 0.25) is 11.8 Å². The molecule has 2 fully saturated rings. The second-order valence-corrected chi connectivity index (χ2v) is 13.1. The van der Waals surface area contributed by atoms with E-state index in [2.05, 4.69) is 20.0 Å². The molecule has 0 spiro atoms. The molecule has 0 unspecified atom stereocenters. The zero-order valence-electron chi connectivity index (χ0n) is 23.0. The standard InChI is InChI=1S/C27H28FN9O4S2/c28-18-16-17(25(38)35-11-14-43(40)15-12-35)3-4-19(18)34-8-5-33(6-9-34)7-10-36-23-21(42-27(36)39)24-30-22(20-2-1-13-41-20)32-37(24)26(29)31-23/h1-4,13,16H,5-12,14-15H2,(H2,29,31). The molecule has 16 heteroatoms. The monoisotopic (exact) mass is 625 g/mol. The summed E-state index contributed by atoms with van der Waals surface area (Å²) >= 11 is 0.164. The highest BCUT2D eigenvalue weighted by molar-refractivity contribution is 7.91. The Morgan fingerprint density at radius 1 is 1.07 bits per heavy atom. The molecule has 0 saturated carbocycles. The number of benzene rings is 1. The van der Waals surface area contributed by atoms with Crippen LogP contribution in [0.2, 0.25) is 0 Å². The molecular weight excluding hydrogens is 597 g/mol. The zero-order valence-corrected chi connectivity index (χ0v) is 24.7. The topological polar surface area (TPSA) is 154 Å². The number of thiazole rings is 1. The highest BCUT2D eigenvalue weighted by Crippen LogP contribution is 2.26. The van der Waals surface area contributed by atoms with Gasteiger partial charge in [-0.3, -0.25) is 19.1 Å². The van der Waals surface area contributed by atoms with Gasteiger partial charge in [-0.2, -0.15) is 9.50 Å². The van der Waals surface area contributed by atoms with Gasteiger partial charge in [-0.15, -0.1) is 5.10 Å². The number of hydrogen-bond acceptors (Lipinski definition) is 11. The summed E-state index contributed by atoms with van der Waals surface area (Å²) in [6.07, 6.45) is 1.53. The first-order valence-electron chi connectivity index (χ1n) is 13.9. The predicted octanol–water partition coefficient (Wildman–Crippen LogP) is 1.51. The number of piperazine rings is 1. The molecule has 6 heterocycles. The van der Waals surface area contributed by atoms with Gasteiger partial charge in [0.25, 0.3) is 5.91 Å². The number of carbonyl (C=O) groups is 1. The molecule has 2 aliphatic rings. The van der Waals surface area contributed by atoms with Gasteiger partial charge in [0.15, 0.2) is 17.1 Å². The Kier molecular flexibility index (Phi) is 7.28. The highest BCUT2D eigenvalue weighted by atomic mass is 32.2. The Hall–Kier alpha value is -3.99. The number of nitrogen functional groups attached to an aromatic ring is 1. The molecule has 7 rings (SSSR count). The molecule has 0 aliphatic carbocycles. The molecule has 0 atom stereocenters. The quantitative estimate of drug-likeness (QED) is 0.275. The van der Waals surface area contributed by atoms with Crippen LogP contribution in [0.1, 0.15) is 10.4 Å². The normalized spacial score (nSPS) is 17.0. The van der Waals surface area contributed by atoms with Crippen LogP contribution in [0.5, 0.6) is 0 Å². The second-order valence-electron chi connectivity index (χ2n) is 10.4. The first-order chi connectivity index (χ1) is 20.9. The molecule has 0 bridgehead atoms. The molecule has 1 aromatic carbocycles. The third-order valence-corrected chi connectivity index (χ3v) is 10.1. The Bertz CT molecular complexity index is 1860. The summed E-state index contributed by atoms with van der Waals surface area (Å²) in [6, 6.07) is 8.11. The fourth-order valence-electron chi connectivity index (χ4n) is 5.51. The van der Waals surface area contributed by atoms with Gasteiger partial charge in [-0.1, -0.05) is 22.5 Å². The number of carbonyl (C=O) groups excluding carboxylic acids is 1. The van der Waals surface area contributed by atoms with Gasteiger partial charge in [-0.25, -0.2) is 9.37 Å². The van der Waals surface area contributed by atoms with E-state index >= 15 is 4.39 Å². The largest absolute Gasteiger partial charge is 0.616 e. The van der Waals surface area contributed by atoms with Crippen molar-refractivity contribution in [2.75, 3.05) is 68.0 Å². The fraction of sp³-hybridized carbons (Fsp3) is 0.370. The van der Waals surface area contributed by atoms with Crippen LogP contribution in [0.25, 0.3) is 27.6 Å². The molecule has 5 aromatic rings. The van der Waals surface area contributed by atoms with Gasteiger partial charge in [0.1, 0.15) is 22.0 Å². The molecule has 13 nitrogen and oxygen atoms in total. The van der Waals surface area contributed by atoms with Crippen molar-refractivity contribution in [3.05, 3.63) is 57.6 Å².